The fourth-order valence-electron chi connectivity index (χ4n) is 3.18. The number of aliphatic carboxylic acids is 1. The Morgan fingerprint density at radius 1 is 1.16 bits per heavy atom. The zero-order valence-electron chi connectivity index (χ0n) is 13.9. The molecule has 0 saturated heterocycles. The van der Waals surface area contributed by atoms with Gasteiger partial charge >= 0.3 is 5.97 Å². The van der Waals surface area contributed by atoms with Crippen molar-refractivity contribution in [2.24, 2.45) is 5.73 Å². The average molecular weight is 358 g/mol. The number of carboxylic acid groups (broad SMARTS) is 1. The van der Waals surface area contributed by atoms with Crippen molar-refractivity contribution >= 4 is 23.2 Å². The Labute approximate surface area is 150 Å². The summed E-state index contributed by atoms with van der Waals surface area (Å²) in [6, 6.07) is 12.9. The van der Waals surface area contributed by atoms with Gasteiger partial charge in [0, 0.05) is 16.2 Å². The second-order valence-corrected chi connectivity index (χ2v) is 7.73. The number of carbonyl (C=O) groups excluding carboxylic acids is 1. The molecule has 1 aromatic heterocycles. The highest BCUT2D eigenvalue weighted by atomic mass is 32.1. The molecule has 0 radical (unpaired) electrons. The van der Waals surface area contributed by atoms with E-state index in [1.807, 2.05) is 42.5 Å². The van der Waals surface area contributed by atoms with E-state index < -0.39 is 17.6 Å². The molecule has 1 aliphatic rings. The lowest BCUT2D eigenvalue weighted by atomic mass is 9.97. The maximum atomic E-state index is 12.4. The lowest BCUT2D eigenvalue weighted by molar-refractivity contribution is -0.142. The van der Waals surface area contributed by atoms with Crippen LogP contribution in [0.25, 0.3) is 10.4 Å². The van der Waals surface area contributed by atoms with Gasteiger partial charge in [0.2, 0.25) is 5.91 Å². The minimum Gasteiger partial charge on any atom is -0.480 e. The molecule has 1 aliphatic carbocycles. The molecular formula is C19H22N2O3S. The van der Waals surface area contributed by atoms with Gasteiger partial charge in [-0.2, -0.15) is 0 Å². The molecule has 0 aliphatic heterocycles. The Morgan fingerprint density at radius 2 is 1.84 bits per heavy atom. The average Bonchev–Trinajstić information content (AvgIpc) is 3.25. The van der Waals surface area contributed by atoms with E-state index >= 15 is 0 Å². The summed E-state index contributed by atoms with van der Waals surface area (Å²) >= 11 is 1.54. The minimum absolute atomic E-state index is 0.259. The summed E-state index contributed by atoms with van der Waals surface area (Å²) in [5.41, 5.74) is 6.30. The Balaban J connectivity index is 1.69. The van der Waals surface area contributed by atoms with Gasteiger partial charge in [-0.1, -0.05) is 43.2 Å². The van der Waals surface area contributed by atoms with E-state index in [0.29, 0.717) is 12.8 Å². The van der Waals surface area contributed by atoms with Crippen LogP contribution in [-0.4, -0.2) is 28.6 Å². The van der Waals surface area contributed by atoms with Gasteiger partial charge in [-0.25, -0.2) is 4.79 Å². The second-order valence-electron chi connectivity index (χ2n) is 6.56. The first kappa shape index (κ1) is 17.6. The maximum Gasteiger partial charge on any atom is 0.326 e. The first-order valence-corrected chi connectivity index (χ1v) is 9.26. The van der Waals surface area contributed by atoms with Crippen LogP contribution in [0.5, 0.6) is 0 Å². The summed E-state index contributed by atoms with van der Waals surface area (Å²) in [6.45, 7) is 0. The molecule has 1 atom stereocenters. The maximum absolute atomic E-state index is 12.4. The lowest BCUT2D eigenvalue weighted by Gasteiger charge is -2.24. The van der Waals surface area contributed by atoms with E-state index in [2.05, 4.69) is 5.32 Å². The number of rotatable bonds is 6. The summed E-state index contributed by atoms with van der Waals surface area (Å²) in [6.07, 6.45) is 3.30. The smallest absolute Gasteiger partial charge is 0.326 e. The monoisotopic (exact) mass is 358 g/mol. The topological polar surface area (TPSA) is 92.4 Å². The van der Waals surface area contributed by atoms with Crippen LogP contribution in [-0.2, 0) is 16.0 Å². The molecule has 2 aromatic rings. The van der Waals surface area contributed by atoms with Crippen LogP contribution in [0.15, 0.2) is 42.5 Å². The number of carbonyl (C=O) groups is 2. The highest BCUT2D eigenvalue weighted by molar-refractivity contribution is 7.15. The van der Waals surface area contributed by atoms with Crippen molar-refractivity contribution in [1.82, 2.24) is 5.32 Å². The predicted molar refractivity (Wildman–Crippen MR) is 98.4 cm³/mol. The van der Waals surface area contributed by atoms with Crippen molar-refractivity contribution in [3.63, 3.8) is 0 Å². The standard InChI is InChI=1S/C19H22N2O3S/c20-19(10-4-5-11-19)18(24)21-15(17(22)23)12-14-8-9-16(25-14)13-6-2-1-3-7-13/h1-3,6-9,15H,4-5,10-12,20H2,(H,21,24)(H,22,23). The molecule has 4 N–H and O–H groups in total. The van der Waals surface area contributed by atoms with Gasteiger partial charge in [-0.05, 0) is 30.5 Å². The Kier molecular flexibility index (Phi) is 5.20. The fraction of sp³-hybridized carbons (Fsp3) is 0.368. The molecular weight excluding hydrogens is 336 g/mol. The summed E-state index contributed by atoms with van der Waals surface area (Å²) in [4.78, 5) is 26.0. The molecule has 0 spiro atoms. The van der Waals surface area contributed by atoms with Gasteiger partial charge in [0.1, 0.15) is 6.04 Å². The van der Waals surface area contributed by atoms with Crippen LogP contribution >= 0.6 is 11.3 Å². The van der Waals surface area contributed by atoms with Gasteiger partial charge in [0.15, 0.2) is 0 Å². The van der Waals surface area contributed by atoms with Gasteiger partial charge in [-0.15, -0.1) is 11.3 Å². The summed E-state index contributed by atoms with van der Waals surface area (Å²) in [5.74, 6) is -1.39. The highest BCUT2D eigenvalue weighted by Crippen LogP contribution is 2.29. The number of hydrogen-bond donors (Lipinski definition) is 3. The number of thiophene rings is 1. The summed E-state index contributed by atoms with van der Waals surface area (Å²) in [7, 11) is 0. The van der Waals surface area contributed by atoms with E-state index in [-0.39, 0.29) is 12.3 Å². The summed E-state index contributed by atoms with van der Waals surface area (Å²) in [5, 5.41) is 12.1. The van der Waals surface area contributed by atoms with Gasteiger partial charge < -0.3 is 16.2 Å². The SMILES string of the molecule is NC1(C(=O)NC(Cc2ccc(-c3ccccc3)s2)C(=O)O)CCCC1. The Morgan fingerprint density at radius 3 is 2.48 bits per heavy atom. The Hall–Kier alpha value is -2.18. The molecule has 1 amide bonds. The fourth-order valence-corrected chi connectivity index (χ4v) is 4.24. The van der Waals surface area contributed by atoms with Crippen molar-refractivity contribution in [3.8, 4) is 10.4 Å². The molecule has 132 valence electrons. The lowest BCUT2D eigenvalue weighted by Crippen LogP contribution is -2.56. The number of carboxylic acids is 1. The number of nitrogens with two attached hydrogens (primary N) is 1. The van der Waals surface area contributed by atoms with Crippen LogP contribution < -0.4 is 11.1 Å². The molecule has 1 heterocycles. The largest absolute Gasteiger partial charge is 0.480 e. The zero-order chi connectivity index (χ0) is 17.9. The van der Waals surface area contributed by atoms with E-state index in [4.69, 9.17) is 5.73 Å². The van der Waals surface area contributed by atoms with Crippen LogP contribution in [0.4, 0.5) is 0 Å². The molecule has 3 rings (SSSR count). The third-order valence-corrected chi connectivity index (χ3v) is 5.83. The van der Waals surface area contributed by atoms with E-state index in [1.54, 1.807) is 11.3 Å². The van der Waals surface area contributed by atoms with Crippen molar-refractivity contribution in [1.29, 1.82) is 0 Å². The van der Waals surface area contributed by atoms with Gasteiger partial charge in [0.25, 0.3) is 0 Å². The number of amides is 1. The number of benzene rings is 1. The summed E-state index contributed by atoms with van der Waals surface area (Å²) < 4.78 is 0. The molecule has 6 heteroatoms. The molecule has 5 nitrogen and oxygen atoms in total. The minimum atomic E-state index is -1.04. The second kappa shape index (κ2) is 7.37. The number of hydrogen-bond acceptors (Lipinski definition) is 4. The van der Waals surface area contributed by atoms with E-state index in [9.17, 15) is 14.7 Å². The first-order chi connectivity index (χ1) is 12.0. The first-order valence-electron chi connectivity index (χ1n) is 8.45. The van der Waals surface area contributed by atoms with Crippen molar-refractivity contribution < 1.29 is 14.7 Å². The molecule has 1 unspecified atom stereocenters. The molecule has 25 heavy (non-hydrogen) atoms. The van der Waals surface area contributed by atoms with Crippen molar-refractivity contribution in [2.45, 2.75) is 43.7 Å². The van der Waals surface area contributed by atoms with Crippen LogP contribution in [0, 0.1) is 0 Å². The van der Waals surface area contributed by atoms with E-state index in [1.165, 1.54) is 0 Å². The normalized spacial score (nSPS) is 17.2. The van der Waals surface area contributed by atoms with Crippen LogP contribution in [0.3, 0.4) is 0 Å². The molecule has 1 saturated carbocycles. The molecule has 1 aromatic carbocycles. The molecule has 1 fully saturated rings. The van der Waals surface area contributed by atoms with Gasteiger partial charge in [0.05, 0.1) is 5.54 Å². The zero-order valence-corrected chi connectivity index (χ0v) is 14.7. The number of nitrogens with one attached hydrogen (secondary N) is 1. The van der Waals surface area contributed by atoms with Crippen LogP contribution in [0.1, 0.15) is 30.6 Å². The predicted octanol–water partition coefficient (Wildman–Crippen LogP) is 2.80. The Bertz CT molecular complexity index is 751. The van der Waals surface area contributed by atoms with Gasteiger partial charge in [-0.3, -0.25) is 4.79 Å². The highest BCUT2D eigenvalue weighted by Gasteiger charge is 2.38. The quantitative estimate of drug-likeness (QED) is 0.740. The van der Waals surface area contributed by atoms with E-state index in [0.717, 1.165) is 28.2 Å². The molecule has 0 bridgehead atoms. The van der Waals surface area contributed by atoms with Crippen molar-refractivity contribution in [2.75, 3.05) is 0 Å². The van der Waals surface area contributed by atoms with Crippen molar-refractivity contribution in [3.05, 3.63) is 47.3 Å². The van der Waals surface area contributed by atoms with Crippen LogP contribution in [0.2, 0.25) is 0 Å². The third-order valence-electron chi connectivity index (χ3n) is 4.68. The third kappa shape index (κ3) is 4.08.